The molecule has 0 saturated carbocycles. The number of piperazine rings is 1. The fourth-order valence-corrected chi connectivity index (χ4v) is 2.61. The summed E-state index contributed by atoms with van der Waals surface area (Å²) in [4.78, 5) is 2.20. The molecule has 1 N–H and O–H groups in total. The van der Waals surface area contributed by atoms with Gasteiger partial charge in [0.05, 0.1) is 6.04 Å². The second-order valence-electron chi connectivity index (χ2n) is 4.46. The lowest BCUT2D eigenvalue weighted by molar-refractivity contribution is 0.147. The standard InChI is InChI=1S/C13H18ClFN2.ClH/c1-10-8-11(14)2-3-12(10)13(9-15)17-6-4-16-5-7-17;/h2-3,8,13,16H,4-7,9H2,1H3;1H/t13-;/m0./s1. The molecule has 5 heteroatoms. The van der Waals surface area contributed by atoms with Gasteiger partial charge in [0.1, 0.15) is 6.67 Å². The van der Waals surface area contributed by atoms with Crippen molar-refractivity contribution < 1.29 is 4.39 Å². The van der Waals surface area contributed by atoms with Gasteiger partial charge < -0.3 is 5.32 Å². The molecular weight excluding hydrogens is 274 g/mol. The van der Waals surface area contributed by atoms with Gasteiger partial charge in [-0.05, 0) is 30.2 Å². The van der Waals surface area contributed by atoms with Crippen LogP contribution in [0.15, 0.2) is 18.2 Å². The fourth-order valence-electron chi connectivity index (χ4n) is 2.38. The summed E-state index contributed by atoms with van der Waals surface area (Å²) < 4.78 is 13.3. The van der Waals surface area contributed by atoms with Crippen LogP contribution in [-0.2, 0) is 0 Å². The van der Waals surface area contributed by atoms with E-state index in [0.717, 1.165) is 37.3 Å². The number of nitrogens with one attached hydrogen (secondary N) is 1. The SMILES string of the molecule is Cc1cc(Cl)ccc1[C@H](CF)N1CCNCC1.Cl. The molecule has 2 nitrogen and oxygen atoms in total. The third kappa shape index (κ3) is 3.58. The van der Waals surface area contributed by atoms with Gasteiger partial charge in [-0.1, -0.05) is 17.7 Å². The molecule has 0 amide bonds. The Balaban J connectivity index is 0.00000162. The Kier molecular flexibility index (Phi) is 6.36. The van der Waals surface area contributed by atoms with E-state index in [2.05, 4.69) is 10.2 Å². The average Bonchev–Trinajstić information content (AvgIpc) is 2.34. The Bertz CT molecular complexity index is 381. The zero-order valence-electron chi connectivity index (χ0n) is 10.5. The number of aryl methyl sites for hydroxylation is 1. The van der Waals surface area contributed by atoms with Crippen molar-refractivity contribution in [2.24, 2.45) is 0 Å². The van der Waals surface area contributed by atoms with Crippen molar-refractivity contribution in [3.05, 3.63) is 34.3 Å². The highest BCUT2D eigenvalue weighted by Crippen LogP contribution is 2.26. The molecule has 0 aromatic heterocycles. The minimum atomic E-state index is -0.345. The second kappa shape index (κ2) is 7.29. The number of benzene rings is 1. The molecule has 18 heavy (non-hydrogen) atoms. The first-order valence-corrected chi connectivity index (χ1v) is 6.37. The van der Waals surface area contributed by atoms with Crippen LogP contribution in [0.25, 0.3) is 0 Å². The Morgan fingerprint density at radius 1 is 1.39 bits per heavy atom. The van der Waals surface area contributed by atoms with E-state index in [1.165, 1.54) is 0 Å². The highest BCUT2D eigenvalue weighted by molar-refractivity contribution is 6.30. The maximum absolute atomic E-state index is 13.3. The van der Waals surface area contributed by atoms with E-state index in [1.807, 2.05) is 25.1 Å². The summed E-state index contributed by atoms with van der Waals surface area (Å²) in [6.45, 7) is 5.31. The second-order valence-corrected chi connectivity index (χ2v) is 4.89. The van der Waals surface area contributed by atoms with Crippen molar-refractivity contribution in [2.75, 3.05) is 32.9 Å². The average molecular weight is 293 g/mol. The lowest BCUT2D eigenvalue weighted by Gasteiger charge is -2.34. The van der Waals surface area contributed by atoms with E-state index in [9.17, 15) is 4.39 Å². The van der Waals surface area contributed by atoms with E-state index in [1.54, 1.807) is 0 Å². The molecule has 102 valence electrons. The molecule has 0 aliphatic carbocycles. The molecule has 1 aliphatic rings. The van der Waals surface area contributed by atoms with E-state index >= 15 is 0 Å². The smallest absolute Gasteiger partial charge is 0.109 e. The van der Waals surface area contributed by atoms with Gasteiger partial charge in [-0.15, -0.1) is 12.4 Å². The molecule has 1 fully saturated rings. The molecular formula is C13H19Cl2FN2. The molecule has 1 atom stereocenters. The molecule has 1 heterocycles. The highest BCUT2D eigenvalue weighted by Gasteiger charge is 2.23. The zero-order valence-corrected chi connectivity index (χ0v) is 12.0. The third-order valence-corrected chi connectivity index (χ3v) is 3.56. The monoisotopic (exact) mass is 292 g/mol. The van der Waals surface area contributed by atoms with Crippen LogP contribution in [-0.4, -0.2) is 37.8 Å². The molecule has 0 unspecified atom stereocenters. The van der Waals surface area contributed by atoms with E-state index in [4.69, 9.17) is 11.6 Å². The Morgan fingerprint density at radius 3 is 2.61 bits per heavy atom. The summed E-state index contributed by atoms with van der Waals surface area (Å²) >= 11 is 5.93. The maximum atomic E-state index is 13.3. The van der Waals surface area contributed by atoms with Crippen LogP contribution >= 0.6 is 24.0 Å². The summed E-state index contributed by atoms with van der Waals surface area (Å²) in [6.07, 6.45) is 0. The first kappa shape index (κ1) is 15.7. The quantitative estimate of drug-likeness (QED) is 0.921. The highest BCUT2D eigenvalue weighted by atomic mass is 35.5. The number of alkyl halides is 1. The molecule has 0 bridgehead atoms. The maximum Gasteiger partial charge on any atom is 0.109 e. The summed E-state index contributed by atoms with van der Waals surface area (Å²) in [5.41, 5.74) is 2.12. The molecule has 1 aromatic rings. The Hall–Kier alpha value is -0.350. The zero-order chi connectivity index (χ0) is 12.3. The van der Waals surface area contributed by atoms with Crippen LogP contribution in [0.2, 0.25) is 5.02 Å². The van der Waals surface area contributed by atoms with Gasteiger partial charge in [0.2, 0.25) is 0 Å². The number of hydrogen-bond donors (Lipinski definition) is 1. The minimum absolute atomic E-state index is 0. The molecule has 1 saturated heterocycles. The van der Waals surface area contributed by atoms with Crippen molar-refractivity contribution >= 4 is 24.0 Å². The number of halogens is 3. The molecule has 0 spiro atoms. The van der Waals surface area contributed by atoms with Crippen LogP contribution in [0.3, 0.4) is 0 Å². The normalized spacial score (nSPS) is 18.2. The van der Waals surface area contributed by atoms with Gasteiger partial charge >= 0.3 is 0 Å². The van der Waals surface area contributed by atoms with Crippen molar-refractivity contribution in [1.29, 1.82) is 0 Å². The molecule has 2 rings (SSSR count). The number of rotatable bonds is 3. The summed E-state index contributed by atoms with van der Waals surface area (Å²) in [6, 6.07) is 5.56. The molecule has 1 aliphatic heterocycles. The Labute approximate surface area is 119 Å². The third-order valence-electron chi connectivity index (χ3n) is 3.33. The summed E-state index contributed by atoms with van der Waals surface area (Å²) in [7, 11) is 0. The Morgan fingerprint density at radius 2 is 2.06 bits per heavy atom. The fraction of sp³-hybridized carbons (Fsp3) is 0.538. The van der Waals surface area contributed by atoms with Crippen LogP contribution in [0, 0.1) is 6.92 Å². The van der Waals surface area contributed by atoms with Crippen LogP contribution in [0.1, 0.15) is 17.2 Å². The largest absolute Gasteiger partial charge is 0.314 e. The van der Waals surface area contributed by atoms with E-state index < -0.39 is 0 Å². The van der Waals surface area contributed by atoms with Gasteiger partial charge in [0.15, 0.2) is 0 Å². The van der Waals surface area contributed by atoms with Crippen LogP contribution in [0.4, 0.5) is 4.39 Å². The number of hydrogen-bond acceptors (Lipinski definition) is 2. The van der Waals surface area contributed by atoms with Crippen molar-refractivity contribution in [2.45, 2.75) is 13.0 Å². The van der Waals surface area contributed by atoms with Gasteiger partial charge in [-0.2, -0.15) is 0 Å². The summed E-state index contributed by atoms with van der Waals surface area (Å²) in [5, 5.41) is 4.00. The van der Waals surface area contributed by atoms with Gasteiger partial charge in [0.25, 0.3) is 0 Å². The van der Waals surface area contributed by atoms with Crippen LogP contribution in [0.5, 0.6) is 0 Å². The molecule has 1 aromatic carbocycles. The van der Waals surface area contributed by atoms with Crippen LogP contribution < -0.4 is 5.32 Å². The van der Waals surface area contributed by atoms with Gasteiger partial charge in [0, 0.05) is 31.2 Å². The summed E-state index contributed by atoms with van der Waals surface area (Å²) in [5.74, 6) is 0. The lowest BCUT2D eigenvalue weighted by Crippen LogP contribution is -2.45. The van der Waals surface area contributed by atoms with E-state index in [0.29, 0.717) is 5.02 Å². The first-order chi connectivity index (χ1) is 8.22. The van der Waals surface area contributed by atoms with Crippen molar-refractivity contribution in [3.63, 3.8) is 0 Å². The van der Waals surface area contributed by atoms with Crippen molar-refractivity contribution in [1.82, 2.24) is 10.2 Å². The van der Waals surface area contributed by atoms with E-state index in [-0.39, 0.29) is 25.1 Å². The topological polar surface area (TPSA) is 15.3 Å². The lowest BCUT2D eigenvalue weighted by atomic mass is 10.0. The van der Waals surface area contributed by atoms with Gasteiger partial charge in [-0.3, -0.25) is 4.90 Å². The molecule has 0 radical (unpaired) electrons. The minimum Gasteiger partial charge on any atom is -0.314 e. The van der Waals surface area contributed by atoms with Gasteiger partial charge in [-0.25, -0.2) is 4.39 Å². The first-order valence-electron chi connectivity index (χ1n) is 5.99. The predicted octanol–water partition coefficient (Wildman–Crippen LogP) is 2.99. The predicted molar refractivity (Wildman–Crippen MR) is 76.6 cm³/mol. The van der Waals surface area contributed by atoms with Crippen molar-refractivity contribution in [3.8, 4) is 0 Å². The number of nitrogens with zero attached hydrogens (tertiary/aromatic N) is 1.